The van der Waals surface area contributed by atoms with E-state index in [9.17, 15) is 15.0 Å². The zero-order valence-corrected chi connectivity index (χ0v) is 22.4. The molecule has 4 aromatic rings. The van der Waals surface area contributed by atoms with Crippen molar-refractivity contribution in [1.82, 2.24) is 19.7 Å². The highest BCUT2D eigenvalue weighted by Gasteiger charge is 2.54. The van der Waals surface area contributed by atoms with Gasteiger partial charge >= 0.3 is 0 Å². The summed E-state index contributed by atoms with van der Waals surface area (Å²) in [6.07, 6.45) is 4.46. The fourth-order valence-corrected chi connectivity index (χ4v) is 5.12. The van der Waals surface area contributed by atoms with Gasteiger partial charge in [0.2, 0.25) is 0 Å². The predicted molar refractivity (Wildman–Crippen MR) is 142 cm³/mol. The van der Waals surface area contributed by atoms with E-state index in [2.05, 4.69) is 10.1 Å². The number of halogens is 2. The normalized spacial score (nSPS) is 17.9. The van der Waals surface area contributed by atoms with Gasteiger partial charge in [-0.05, 0) is 48.9 Å². The fraction of sp³-hybridized carbons (Fsp3) is 0.241. The van der Waals surface area contributed by atoms with Crippen molar-refractivity contribution in [3.8, 4) is 6.07 Å². The first-order chi connectivity index (χ1) is 19.1. The van der Waals surface area contributed by atoms with Gasteiger partial charge in [0.15, 0.2) is 5.72 Å². The van der Waals surface area contributed by atoms with E-state index in [1.165, 1.54) is 41.0 Å². The topological polar surface area (TPSA) is 125 Å². The molecule has 11 heteroatoms. The van der Waals surface area contributed by atoms with Crippen molar-refractivity contribution in [1.29, 1.82) is 5.26 Å². The Hall–Kier alpha value is -4.14. The van der Waals surface area contributed by atoms with Crippen molar-refractivity contribution in [3.63, 3.8) is 0 Å². The number of aliphatic hydroxyl groups excluding tert-OH is 1. The summed E-state index contributed by atoms with van der Waals surface area (Å²) >= 11 is 6.15. The van der Waals surface area contributed by atoms with E-state index in [1.54, 1.807) is 49.6 Å². The molecule has 0 fully saturated rings. The maximum Gasteiger partial charge on any atom is 0.257 e. The van der Waals surface area contributed by atoms with Crippen molar-refractivity contribution < 1.29 is 24.1 Å². The Bertz CT molecular complexity index is 1620. The summed E-state index contributed by atoms with van der Waals surface area (Å²) < 4.78 is 24.1. The van der Waals surface area contributed by atoms with Crippen molar-refractivity contribution in [2.75, 3.05) is 13.2 Å². The van der Waals surface area contributed by atoms with Gasteiger partial charge in [0, 0.05) is 35.6 Å². The van der Waals surface area contributed by atoms with E-state index in [1.807, 2.05) is 6.07 Å². The number of amides is 1. The van der Waals surface area contributed by atoms with Crippen LogP contribution < -0.4 is 0 Å². The highest BCUT2D eigenvalue weighted by Crippen LogP contribution is 2.48. The lowest BCUT2D eigenvalue weighted by molar-refractivity contribution is -0.120. The predicted octanol–water partition coefficient (Wildman–Crippen LogP) is 3.60. The van der Waals surface area contributed by atoms with E-state index >= 15 is 4.39 Å². The first-order valence-electron chi connectivity index (χ1n) is 12.4. The maximum absolute atomic E-state index is 16.3. The molecule has 0 saturated carbocycles. The van der Waals surface area contributed by atoms with Gasteiger partial charge < -0.3 is 14.9 Å². The van der Waals surface area contributed by atoms with Crippen molar-refractivity contribution in [3.05, 3.63) is 117 Å². The number of hydrogen-bond acceptors (Lipinski definition) is 7. The molecular formula is C29H25ClFN5O4. The Labute approximate surface area is 234 Å². The van der Waals surface area contributed by atoms with Gasteiger partial charge in [-0.1, -0.05) is 23.7 Å². The molecule has 1 aliphatic heterocycles. The number of aliphatic hydroxyl groups is 2. The zero-order valence-electron chi connectivity index (χ0n) is 21.7. The molecule has 40 heavy (non-hydrogen) atoms. The molecular weight excluding hydrogens is 537 g/mol. The fourth-order valence-electron chi connectivity index (χ4n) is 5.00. The van der Waals surface area contributed by atoms with E-state index in [0.29, 0.717) is 27.4 Å². The molecule has 1 aliphatic rings. The molecule has 204 valence electrons. The minimum absolute atomic E-state index is 0.0132. The molecule has 0 bridgehead atoms. The summed E-state index contributed by atoms with van der Waals surface area (Å²) in [5.74, 6) is -1.36. The number of aromatic nitrogens is 3. The third-order valence-corrected chi connectivity index (χ3v) is 7.28. The van der Waals surface area contributed by atoms with Gasteiger partial charge in [-0.25, -0.2) is 4.39 Å². The number of ether oxygens (including phenoxy) is 1. The highest BCUT2D eigenvalue weighted by molar-refractivity contribution is 6.30. The Morgan fingerprint density at radius 3 is 2.52 bits per heavy atom. The quantitative estimate of drug-likeness (QED) is 0.337. The molecule has 0 aliphatic carbocycles. The average molecular weight is 562 g/mol. The van der Waals surface area contributed by atoms with Crippen LogP contribution in [0.1, 0.15) is 50.8 Å². The third-order valence-electron chi connectivity index (χ3n) is 7.03. The van der Waals surface area contributed by atoms with Gasteiger partial charge in [0.05, 0.1) is 48.3 Å². The Balaban J connectivity index is 1.73. The molecule has 2 aromatic carbocycles. The minimum Gasteiger partial charge on any atom is -0.394 e. The number of nitriles is 1. The van der Waals surface area contributed by atoms with Crippen molar-refractivity contribution >= 4 is 17.5 Å². The molecule has 5 rings (SSSR count). The van der Waals surface area contributed by atoms with Crippen LogP contribution in [-0.4, -0.2) is 49.0 Å². The highest BCUT2D eigenvalue weighted by atomic mass is 35.5. The number of aryl methyl sites for hydroxylation is 1. The SMILES string of the molecule is Cn1cc(C(C)(O)c2cc(F)c3c(c2)C(=O)N(Cc2ccc(C#N)cn2)[C@@]3(OCCO)c2ccc(Cl)cc2)cn1. The second-order valence-electron chi connectivity index (χ2n) is 9.62. The monoisotopic (exact) mass is 561 g/mol. The second-order valence-corrected chi connectivity index (χ2v) is 10.1. The van der Waals surface area contributed by atoms with E-state index in [0.717, 1.165) is 0 Å². The Morgan fingerprint density at radius 2 is 1.93 bits per heavy atom. The van der Waals surface area contributed by atoms with Crippen LogP contribution in [0.5, 0.6) is 0 Å². The van der Waals surface area contributed by atoms with Crippen LogP contribution in [0.2, 0.25) is 5.02 Å². The van der Waals surface area contributed by atoms with Crippen molar-refractivity contribution in [2.45, 2.75) is 24.8 Å². The summed E-state index contributed by atoms with van der Waals surface area (Å²) in [7, 11) is 1.69. The van der Waals surface area contributed by atoms with Crippen LogP contribution >= 0.6 is 11.6 Å². The van der Waals surface area contributed by atoms with Gasteiger partial charge in [-0.15, -0.1) is 0 Å². The molecule has 0 saturated heterocycles. The van der Waals surface area contributed by atoms with E-state index in [4.69, 9.17) is 21.6 Å². The first kappa shape index (κ1) is 27.4. The molecule has 2 atom stereocenters. The number of hydrogen-bond donors (Lipinski definition) is 2. The number of carbonyl (C=O) groups is 1. The molecule has 1 amide bonds. The number of carbonyl (C=O) groups excluding carboxylic acids is 1. The largest absolute Gasteiger partial charge is 0.394 e. The molecule has 0 radical (unpaired) electrons. The van der Waals surface area contributed by atoms with Crippen LogP contribution in [0.3, 0.4) is 0 Å². The molecule has 1 unspecified atom stereocenters. The number of benzene rings is 2. The smallest absolute Gasteiger partial charge is 0.257 e. The Morgan fingerprint density at radius 1 is 1.18 bits per heavy atom. The van der Waals surface area contributed by atoms with Crippen LogP contribution in [0.4, 0.5) is 4.39 Å². The second kappa shape index (κ2) is 10.4. The van der Waals surface area contributed by atoms with Gasteiger partial charge in [0.1, 0.15) is 17.5 Å². The number of pyridine rings is 1. The molecule has 0 spiro atoms. The van der Waals surface area contributed by atoms with Gasteiger partial charge in [-0.2, -0.15) is 10.4 Å². The minimum atomic E-state index is -1.79. The van der Waals surface area contributed by atoms with Crippen LogP contribution in [0, 0.1) is 17.1 Å². The van der Waals surface area contributed by atoms with Crippen molar-refractivity contribution in [2.24, 2.45) is 7.05 Å². The summed E-state index contributed by atoms with van der Waals surface area (Å²) in [6.45, 7) is 0.775. The first-order valence-corrected chi connectivity index (χ1v) is 12.7. The molecule has 2 aromatic heterocycles. The zero-order chi connectivity index (χ0) is 28.7. The third kappa shape index (κ3) is 4.53. The lowest BCUT2D eigenvalue weighted by atomic mass is 9.85. The summed E-state index contributed by atoms with van der Waals surface area (Å²) in [6, 6.07) is 14.2. The number of nitrogens with zero attached hydrogens (tertiary/aromatic N) is 5. The lowest BCUT2D eigenvalue weighted by Gasteiger charge is -2.39. The van der Waals surface area contributed by atoms with Gasteiger partial charge in [0.25, 0.3) is 5.91 Å². The molecule has 2 N–H and O–H groups in total. The van der Waals surface area contributed by atoms with Crippen LogP contribution in [-0.2, 0) is 29.7 Å². The number of fused-ring (bicyclic) bond motifs is 1. The Kier molecular flexibility index (Phi) is 7.16. The molecule has 3 heterocycles. The van der Waals surface area contributed by atoms with Crippen LogP contribution in [0.25, 0.3) is 0 Å². The van der Waals surface area contributed by atoms with Crippen LogP contribution in [0.15, 0.2) is 67.1 Å². The summed E-state index contributed by atoms with van der Waals surface area (Å²) in [5.41, 5.74) is -1.80. The summed E-state index contributed by atoms with van der Waals surface area (Å²) in [5, 5.41) is 34.8. The van der Waals surface area contributed by atoms with E-state index < -0.39 is 29.7 Å². The van der Waals surface area contributed by atoms with Gasteiger partial charge in [-0.3, -0.25) is 19.4 Å². The maximum atomic E-state index is 16.3. The lowest BCUT2D eigenvalue weighted by Crippen LogP contribution is -2.47. The average Bonchev–Trinajstić information content (AvgIpc) is 3.49. The standard InChI is InChI=1S/C29H25ClFN5O4/c1-28(39,21-15-34-35(2)16-21)20-11-24-26(25(31)12-20)29(40-10-9-37,19-4-6-22(30)7-5-19)36(27(24)38)17-23-8-3-18(13-32)14-33-23/h3-8,11-12,14-16,37,39H,9-10,17H2,1-2H3/t28?,29-/m1/s1. The summed E-state index contributed by atoms with van der Waals surface area (Å²) in [4.78, 5) is 19.8. The van der Waals surface area contributed by atoms with E-state index in [-0.39, 0.29) is 29.8 Å². The number of rotatable bonds is 8. The molecule has 9 nitrogen and oxygen atoms in total.